The van der Waals surface area contributed by atoms with Crippen LogP contribution in [-0.4, -0.2) is 63.3 Å². The Hall–Kier alpha value is -0.650. The first-order chi connectivity index (χ1) is 10.5. The van der Waals surface area contributed by atoms with Crippen molar-refractivity contribution in [2.24, 2.45) is 11.8 Å². The third-order valence-electron chi connectivity index (χ3n) is 5.63. The molecule has 2 rings (SSSR count). The molecule has 2 fully saturated rings. The van der Waals surface area contributed by atoms with Crippen LogP contribution < -0.4 is 10.6 Å². The minimum absolute atomic E-state index is 0.0591. The number of nitrogens with zero attached hydrogens (tertiary/aromatic N) is 1. The van der Waals surface area contributed by atoms with Gasteiger partial charge < -0.3 is 20.3 Å². The quantitative estimate of drug-likeness (QED) is 0.775. The van der Waals surface area contributed by atoms with Gasteiger partial charge in [-0.15, -0.1) is 0 Å². The van der Waals surface area contributed by atoms with E-state index in [0.29, 0.717) is 18.3 Å². The van der Waals surface area contributed by atoms with Gasteiger partial charge in [-0.1, -0.05) is 6.92 Å². The number of ether oxygens (including phenoxy) is 1. The zero-order valence-electron chi connectivity index (χ0n) is 14.5. The van der Waals surface area contributed by atoms with Crippen LogP contribution in [0.15, 0.2) is 0 Å². The van der Waals surface area contributed by atoms with Crippen molar-refractivity contribution in [1.82, 2.24) is 15.5 Å². The molecule has 2 saturated heterocycles. The molecule has 5 nitrogen and oxygen atoms in total. The van der Waals surface area contributed by atoms with Crippen molar-refractivity contribution in [1.29, 1.82) is 0 Å². The van der Waals surface area contributed by atoms with E-state index in [1.165, 1.54) is 12.8 Å². The van der Waals surface area contributed by atoms with E-state index in [9.17, 15) is 4.79 Å². The van der Waals surface area contributed by atoms with E-state index in [1.54, 1.807) is 0 Å². The summed E-state index contributed by atoms with van der Waals surface area (Å²) in [6, 6.07) is 0. The number of likely N-dealkylation sites (N-methyl/N-ethyl adjacent to an activating group) is 1. The van der Waals surface area contributed by atoms with Crippen molar-refractivity contribution in [2.45, 2.75) is 44.6 Å². The molecule has 2 unspecified atom stereocenters. The molecule has 22 heavy (non-hydrogen) atoms. The highest BCUT2D eigenvalue weighted by molar-refractivity contribution is 5.76. The van der Waals surface area contributed by atoms with Crippen LogP contribution in [0.25, 0.3) is 0 Å². The van der Waals surface area contributed by atoms with E-state index in [1.807, 2.05) is 0 Å². The first-order valence-electron chi connectivity index (χ1n) is 8.76. The Balaban J connectivity index is 1.78. The Morgan fingerprint density at radius 2 is 2.14 bits per heavy atom. The summed E-state index contributed by atoms with van der Waals surface area (Å²) in [5.41, 5.74) is 0.0591. The fraction of sp³-hybridized carbons (Fsp3) is 0.941. The minimum atomic E-state index is 0.0591. The van der Waals surface area contributed by atoms with Gasteiger partial charge in [0.25, 0.3) is 0 Å². The molecule has 1 amide bonds. The van der Waals surface area contributed by atoms with Crippen molar-refractivity contribution in [3.63, 3.8) is 0 Å². The molecule has 2 aliphatic rings. The maximum atomic E-state index is 12.3. The van der Waals surface area contributed by atoms with Gasteiger partial charge in [0.05, 0.1) is 0 Å². The number of nitrogens with one attached hydrogen (secondary N) is 2. The molecular weight excluding hydrogens is 278 g/mol. The lowest BCUT2D eigenvalue weighted by molar-refractivity contribution is -0.123. The average molecular weight is 311 g/mol. The lowest BCUT2D eigenvalue weighted by atomic mass is 9.85. The van der Waals surface area contributed by atoms with Crippen LogP contribution in [0.4, 0.5) is 0 Å². The summed E-state index contributed by atoms with van der Waals surface area (Å²) in [5, 5.41) is 6.63. The summed E-state index contributed by atoms with van der Waals surface area (Å²) < 4.78 is 5.48. The largest absolute Gasteiger partial charge is 0.381 e. The standard InChI is InChI=1S/C17H33N3O2/c1-14(15-5-4-8-18-12-15)11-16(21)19-13-17(20(2)3)6-9-22-10-7-17/h14-15,18H,4-13H2,1-3H3,(H,19,21). The van der Waals surface area contributed by atoms with Crippen LogP contribution in [-0.2, 0) is 9.53 Å². The van der Waals surface area contributed by atoms with Gasteiger partial charge in [0.15, 0.2) is 0 Å². The molecule has 0 aromatic carbocycles. The molecule has 0 aliphatic carbocycles. The monoisotopic (exact) mass is 311 g/mol. The zero-order valence-corrected chi connectivity index (χ0v) is 14.5. The zero-order chi connectivity index (χ0) is 16.0. The Morgan fingerprint density at radius 1 is 1.41 bits per heavy atom. The number of carbonyl (C=O) groups is 1. The van der Waals surface area contributed by atoms with Gasteiger partial charge in [-0.2, -0.15) is 0 Å². The molecule has 0 aromatic heterocycles. The molecular formula is C17H33N3O2. The average Bonchev–Trinajstić information content (AvgIpc) is 2.54. The van der Waals surface area contributed by atoms with Gasteiger partial charge in [-0.3, -0.25) is 4.79 Å². The Bertz CT molecular complexity index is 348. The van der Waals surface area contributed by atoms with E-state index in [0.717, 1.165) is 45.7 Å². The SMILES string of the molecule is CC(CC(=O)NCC1(N(C)C)CCOCC1)C1CCCNC1. The lowest BCUT2D eigenvalue weighted by Gasteiger charge is -2.43. The van der Waals surface area contributed by atoms with E-state index in [4.69, 9.17) is 4.74 Å². The minimum Gasteiger partial charge on any atom is -0.381 e. The number of carbonyl (C=O) groups excluding carboxylic acids is 1. The van der Waals surface area contributed by atoms with Crippen LogP contribution in [0.5, 0.6) is 0 Å². The highest BCUT2D eigenvalue weighted by Crippen LogP contribution is 2.26. The summed E-state index contributed by atoms with van der Waals surface area (Å²) in [6.45, 7) is 6.72. The summed E-state index contributed by atoms with van der Waals surface area (Å²) >= 11 is 0. The second-order valence-electron chi connectivity index (χ2n) is 7.30. The van der Waals surface area contributed by atoms with Crippen molar-refractivity contribution in [2.75, 3.05) is 46.9 Å². The Labute approximate surface area is 135 Å². The van der Waals surface area contributed by atoms with Gasteiger partial charge in [0.1, 0.15) is 0 Å². The molecule has 0 saturated carbocycles. The van der Waals surface area contributed by atoms with Gasteiger partial charge in [-0.25, -0.2) is 0 Å². The number of hydrogen-bond acceptors (Lipinski definition) is 4. The van der Waals surface area contributed by atoms with Gasteiger partial charge in [0.2, 0.25) is 5.91 Å². The van der Waals surface area contributed by atoms with E-state index in [2.05, 4.69) is 36.6 Å². The number of rotatable bonds is 6. The molecule has 2 atom stereocenters. The van der Waals surface area contributed by atoms with Crippen molar-refractivity contribution in [3.8, 4) is 0 Å². The molecule has 0 bridgehead atoms. The van der Waals surface area contributed by atoms with Crippen molar-refractivity contribution < 1.29 is 9.53 Å². The highest BCUT2D eigenvalue weighted by Gasteiger charge is 2.35. The van der Waals surface area contributed by atoms with Crippen LogP contribution in [0, 0.1) is 11.8 Å². The predicted molar refractivity (Wildman–Crippen MR) is 88.9 cm³/mol. The third-order valence-corrected chi connectivity index (χ3v) is 5.63. The summed E-state index contributed by atoms with van der Waals surface area (Å²) in [5.74, 6) is 1.30. The van der Waals surface area contributed by atoms with Gasteiger partial charge in [-0.05, 0) is 64.7 Å². The first-order valence-corrected chi connectivity index (χ1v) is 8.76. The third kappa shape index (κ3) is 4.67. The van der Waals surface area contributed by atoms with Crippen molar-refractivity contribution >= 4 is 5.91 Å². The summed E-state index contributed by atoms with van der Waals surface area (Å²) in [4.78, 5) is 14.6. The summed E-state index contributed by atoms with van der Waals surface area (Å²) in [7, 11) is 4.21. The molecule has 2 aliphatic heterocycles. The highest BCUT2D eigenvalue weighted by atomic mass is 16.5. The van der Waals surface area contributed by atoms with Crippen LogP contribution in [0.1, 0.15) is 39.0 Å². The first kappa shape index (κ1) is 17.7. The topological polar surface area (TPSA) is 53.6 Å². The number of amides is 1. The fourth-order valence-corrected chi connectivity index (χ4v) is 3.69. The number of piperidine rings is 1. The molecule has 0 aromatic rings. The maximum Gasteiger partial charge on any atom is 0.220 e. The van der Waals surface area contributed by atoms with E-state index >= 15 is 0 Å². The molecule has 2 heterocycles. The van der Waals surface area contributed by atoms with E-state index in [-0.39, 0.29) is 11.4 Å². The van der Waals surface area contributed by atoms with Gasteiger partial charge in [0, 0.05) is 31.7 Å². The molecule has 128 valence electrons. The van der Waals surface area contributed by atoms with Crippen LogP contribution >= 0.6 is 0 Å². The lowest BCUT2D eigenvalue weighted by Crippen LogP contribution is -2.55. The Kier molecular flexibility index (Phi) is 6.66. The molecule has 0 spiro atoms. The van der Waals surface area contributed by atoms with E-state index < -0.39 is 0 Å². The molecule has 0 radical (unpaired) electrons. The molecule has 5 heteroatoms. The second-order valence-corrected chi connectivity index (χ2v) is 7.30. The normalized spacial score (nSPS) is 26.6. The fourth-order valence-electron chi connectivity index (χ4n) is 3.69. The molecule has 2 N–H and O–H groups in total. The van der Waals surface area contributed by atoms with Crippen molar-refractivity contribution in [3.05, 3.63) is 0 Å². The maximum absolute atomic E-state index is 12.3. The Morgan fingerprint density at radius 3 is 2.73 bits per heavy atom. The van der Waals surface area contributed by atoms with Crippen LogP contribution in [0.2, 0.25) is 0 Å². The smallest absolute Gasteiger partial charge is 0.220 e. The second kappa shape index (κ2) is 8.27. The predicted octanol–water partition coefficient (Wildman–Crippen LogP) is 1.24. The summed E-state index contributed by atoms with van der Waals surface area (Å²) in [6.07, 6.45) is 5.11. The van der Waals surface area contributed by atoms with Gasteiger partial charge >= 0.3 is 0 Å². The number of hydrogen-bond donors (Lipinski definition) is 2. The van der Waals surface area contributed by atoms with Crippen LogP contribution in [0.3, 0.4) is 0 Å².